The highest BCUT2D eigenvalue weighted by Crippen LogP contribution is 2.32. The number of ether oxygens (including phenoxy) is 1. The lowest BCUT2D eigenvalue weighted by atomic mass is 9.94. The van der Waals surface area contributed by atoms with Gasteiger partial charge in [-0.1, -0.05) is 20.3 Å². The molecule has 0 aliphatic heterocycles. The van der Waals surface area contributed by atoms with E-state index in [1.807, 2.05) is 13.8 Å². The molecule has 0 aromatic carbocycles. The zero-order chi connectivity index (χ0) is 15.1. The van der Waals surface area contributed by atoms with Crippen LogP contribution in [0.15, 0.2) is 0 Å². The first-order valence-corrected chi connectivity index (χ1v) is 7.64. The van der Waals surface area contributed by atoms with Gasteiger partial charge in [0.05, 0.1) is 6.61 Å². The number of carbonyl (C=O) groups excluding carboxylic acids is 2. The summed E-state index contributed by atoms with van der Waals surface area (Å²) in [6.45, 7) is 7.39. The molecular weight excluding hydrogens is 256 g/mol. The Hall–Kier alpha value is -1.10. The molecule has 1 amide bonds. The zero-order valence-electron chi connectivity index (χ0n) is 12.9. The average Bonchev–Trinajstić information content (AvgIpc) is 2.85. The highest BCUT2D eigenvalue weighted by atomic mass is 16.5. The van der Waals surface area contributed by atoms with Crippen molar-refractivity contribution in [3.05, 3.63) is 0 Å². The fourth-order valence-corrected chi connectivity index (χ4v) is 2.91. The largest absolute Gasteiger partial charge is 0.465 e. The average molecular weight is 284 g/mol. The van der Waals surface area contributed by atoms with Crippen molar-refractivity contribution in [3.8, 4) is 0 Å². The Morgan fingerprint density at radius 3 is 2.60 bits per heavy atom. The lowest BCUT2D eigenvalue weighted by Gasteiger charge is -2.28. The molecule has 1 aliphatic carbocycles. The summed E-state index contributed by atoms with van der Waals surface area (Å²) in [5, 5.41) is 0. The molecule has 0 spiro atoms. The first-order valence-electron chi connectivity index (χ1n) is 7.64. The SMILES string of the molecule is CCOC(=O)CN(CC(C)C)C(=O)C1CCCC1CN. The number of amides is 1. The van der Waals surface area contributed by atoms with Gasteiger partial charge in [-0.3, -0.25) is 9.59 Å². The summed E-state index contributed by atoms with van der Waals surface area (Å²) in [5.74, 6) is 0.308. The minimum Gasteiger partial charge on any atom is -0.465 e. The maximum Gasteiger partial charge on any atom is 0.325 e. The molecule has 0 aromatic heterocycles. The van der Waals surface area contributed by atoms with Gasteiger partial charge < -0.3 is 15.4 Å². The van der Waals surface area contributed by atoms with Crippen LogP contribution in [0.5, 0.6) is 0 Å². The molecule has 1 saturated carbocycles. The molecule has 20 heavy (non-hydrogen) atoms. The summed E-state index contributed by atoms with van der Waals surface area (Å²) >= 11 is 0. The van der Waals surface area contributed by atoms with E-state index in [1.54, 1.807) is 11.8 Å². The summed E-state index contributed by atoms with van der Waals surface area (Å²) in [4.78, 5) is 26.0. The van der Waals surface area contributed by atoms with Crippen LogP contribution in [0.1, 0.15) is 40.0 Å². The first kappa shape index (κ1) is 17.0. The quantitative estimate of drug-likeness (QED) is 0.717. The van der Waals surface area contributed by atoms with Gasteiger partial charge in [-0.05, 0) is 38.1 Å². The van der Waals surface area contributed by atoms with E-state index in [4.69, 9.17) is 10.5 Å². The van der Waals surface area contributed by atoms with Crippen LogP contribution in [0.2, 0.25) is 0 Å². The van der Waals surface area contributed by atoms with Gasteiger partial charge in [0.15, 0.2) is 0 Å². The third-order valence-corrected chi connectivity index (χ3v) is 3.80. The highest BCUT2D eigenvalue weighted by Gasteiger charge is 2.35. The van der Waals surface area contributed by atoms with Gasteiger partial charge in [-0.2, -0.15) is 0 Å². The van der Waals surface area contributed by atoms with Crippen molar-refractivity contribution in [3.63, 3.8) is 0 Å². The number of hydrogen-bond acceptors (Lipinski definition) is 4. The van der Waals surface area contributed by atoms with Gasteiger partial charge in [-0.25, -0.2) is 0 Å². The number of nitrogens with two attached hydrogens (primary N) is 1. The van der Waals surface area contributed by atoms with Crippen molar-refractivity contribution >= 4 is 11.9 Å². The molecule has 0 radical (unpaired) electrons. The van der Waals surface area contributed by atoms with Crippen molar-refractivity contribution in [2.45, 2.75) is 40.0 Å². The molecule has 1 aliphatic rings. The van der Waals surface area contributed by atoms with Crippen molar-refractivity contribution < 1.29 is 14.3 Å². The Bertz CT molecular complexity index is 331. The Kier molecular flexibility index (Phi) is 6.99. The number of rotatable bonds is 7. The van der Waals surface area contributed by atoms with Gasteiger partial charge in [0, 0.05) is 12.5 Å². The molecule has 116 valence electrons. The van der Waals surface area contributed by atoms with E-state index in [-0.39, 0.29) is 30.3 Å². The standard InChI is InChI=1S/C15H28N2O3/c1-4-20-14(18)10-17(9-11(2)3)15(19)13-7-5-6-12(13)8-16/h11-13H,4-10,16H2,1-3H3. The van der Waals surface area contributed by atoms with Gasteiger partial charge in [0.2, 0.25) is 5.91 Å². The zero-order valence-corrected chi connectivity index (χ0v) is 12.9. The van der Waals surface area contributed by atoms with E-state index in [9.17, 15) is 9.59 Å². The van der Waals surface area contributed by atoms with E-state index in [2.05, 4.69) is 0 Å². The lowest BCUT2D eigenvalue weighted by Crippen LogP contribution is -2.44. The predicted molar refractivity (Wildman–Crippen MR) is 77.9 cm³/mol. The number of nitrogens with zero attached hydrogens (tertiary/aromatic N) is 1. The fourth-order valence-electron chi connectivity index (χ4n) is 2.91. The van der Waals surface area contributed by atoms with Crippen LogP contribution in [-0.4, -0.2) is 43.0 Å². The Labute approximate surface area is 121 Å². The van der Waals surface area contributed by atoms with E-state index in [1.165, 1.54) is 0 Å². The molecule has 0 heterocycles. The van der Waals surface area contributed by atoms with Gasteiger partial charge in [0.25, 0.3) is 0 Å². The van der Waals surface area contributed by atoms with E-state index in [0.717, 1.165) is 19.3 Å². The smallest absolute Gasteiger partial charge is 0.325 e. The summed E-state index contributed by atoms with van der Waals surface area (Å²) in [5.41, 5.74) is 5.75. The molecular formula is C15H28N2O3. The molecule has 2 atom stereocenters. The van der Waals surface area contributed by atoms with Crippen molar-refractivity contribution in [1.82, 2.24) is 4.90 Å². The molecule has 5 heteroatoms. The molecule has 1 rings (SSSR count). The van der Waals surface area contributed by atoms with Gasteiger partial charge >= 0.3 is 5.97 Å². The number of hydrogen-bond donors (Lipinski definition) is 1. The summed E-state index contributed by atoms with van der Waals surface area (Å²) in [6, 6.07) is 0. The van der Waals surface area contributed by atoms with Crippen molar-refractivity contribution in [2.75, 3.05) is 26.2 Å². The van der Waals surface area contributed by atoms with E-state index < -0.39 is 0 Å². The summed E-state index contributed by atoms with van der Waals surface area (Å²) in [6.07, 6.45) is 2.95. The number of esters is 1. The normalized spacial score (nSPS) is 22.1. The molecule has 5 nitrogen and oxygen atoms in total. The molecule has 0 saturated heterocycles. The molecule has 0 bridgehead atoms. The van der Waals surface area contributed by atoms with Crippen LogP contribution in [-0.2, 0) is 14.3 Å². The second-order valence-electron chi connectivity index (χ2n) is 5.95. The van der Waals surface area contributed by atoms with Crippen LogP contribution in [0, 0.1) is 17.8 Å². The van der Waals surface area contributed by atoms with Crippen LogP contribution in [0.3, 0.4) is 0 Å². The summed E-state index contributed by atoms with van der Waals surface area (Å²) in [7, 11) is 0. The van der Waals surface area contributed by atoms with Crippen LogP contribution >= 0.6 is 0 Å². The highest BCUT2D eigenvalue weighted by molar-refractivity contribution is 5.84. The van der Waals surface area contributed by atoms with E-state index >= 15 is 0 Å². The Morgan fingerprint density at radius 2 is 2.05 bits per heavy atom. The molecule has 2 N–H and O–H groups in total. The number of carbonyl (C=O) groups is 2. The fraction of sp³-hybridized carbons (Fsp3) is 0.867. The second kappa shape index (κ2) is 8.25. The first-order chi connectivity index (χ1) is 9.49. The minimum absolute atomic E-state index is 0.0202. The van der Waals surface area contributed by atoms with Crippen LogP contribution < -0.4 is 5.73 Å². The van der Waals surface area contributed by atoms with Crippen molar-refractivity contribution in [1.29, 1.82) is 0 Å². The van der Waals surface area contributed by atoms with Crippen LogP contribution in [0.25, 0.3) is 0 Å². The third kappa shape index (κ3) is 4.78. The monoisotopic (exact) mass is 284 g/mol. The molecule has 1 fully saturated rings. The minimum atomic E-state index is -0.330. The topological polar surface area (TPSA) is 72.6 Å². The third-order valence-electron chi connectivity index (χ3n) is 3.80. The lowest BCUT2D eigenvalue weighted by molar-refractivity contribution is -0.151. The van der Waals surface area contributed by atoms with E-state index in [0.29, 0.717) is 25.6 Å². The Morgan fingerprint density at radius 1 is 1.35 bits per heavy atom. The van der Waals surface area contributed by atoms with Gasteiger partial charge in [0.1, 0.15) is 6.54 Å². The molecule has 0 aromatic rings. The van der Waals surface area contributed by atoms with Gasteiger partial charge in [-0.15, -0.1) is 0 Å². The Balaban J connectivity index is 2.70. The summed E-state index contributed by atoms with van der Waals surface area (Å²) < 4.78 is 4.96. The maximum atomic E-state index is 12.7. The second-order valence-corrected chi connectivity index (χ2v) is 5.95. The van der Waals surface area contributed by atoms with Crippen LogP contribution in [0.4, 0.5) is 0 Å². The predicted octanol–water partition coefficient (Wildman–Crippen LogP) is 1.41. The van der Waals surface area contributed by atoms with Crippen molar-refractivity contribution in [2.24, 2.45) is 23.5 Å². The maximum absolute atomic E-state index is 12.7. The molecule has 2 unspecified atom stereocenters.